The van der Waals surface area contributed by atoms with E-state index in [1.165, 1.54) is 18.3 Å². The minimum absolute atomic E-state index is 0.0778. The molecule has 0 radical (unpaired) electrons. The zero-order chi connectivity index (χ0) is 22.0. The summed E-state index contributed by atoms with van der Waals surface area (Å²) >= 11 is 0. The fourth-order valence-corrected chi connectivity index (χ4v) is 4.86. The molecule has 1 N–H and O–H groups in total. The molecule has 0 saturated carbocycles. The third kappa shape index (κ3) is 3.83. The Kier molecular flexibility index (Phi) is 5.59. The van der Waals surface area contributed by atoms with Gasteiger partial charge < -0.3 is 9.72 Å². The quantitative estimate of drug-likeness (QED) is 0.451. The number of esters is 1. The molecule has 158 valence electrons. The van der Waals surface area contributed by atoms with E-state index >= 15 is 0 Å². The molecule has 0 aliphatic heterocycles. The van der Waals surface area contributed by atoms with E-state index in [0.717, 1.165) is 29.7 Å². The van der Waals surface area contributed by atoms with Crippen LogP contribution in [-0.2, 0) is 16.7 Å². The van der Waals surface area contributed by atoms with Gasteiger partial charge in [-0.15, -0.1) is 0 Å². The number of aliphatic imine (C=N–C) groups is 1. The standard InChI is InChI=1S/C26H26N2O3/c1-4-21-20-13-17(2)16-26(21,22-10-11-24(29)28-23(22)15-20)27-12-6-8-18-7-5-9-19(14-18)25(30)31-3/h4-14,20H,15-16H2,1-3H3,(H,28,29)/b8-6+,21-4+,27-12+. The molecule has 31 heavy (non-hydrogen) atoms. The lowest BCUT2D eigenvalue weighted by Gasteiger charge is -2.45. The number of benzene rings is 1. The third-order valence-corrected chi connectivity index (χ3v) is 6.06. The summed E-state index contributed by atoms with van der Waals surface area (Å²) in [6.45, 7) is 4.21. The molecule has 5 nitrogen and oxygen atoms in total. The lowest BCUT2D eigenvalue weighted by atomic mass is 9.63. The Morgan fingerprint density at radius 3 is 2.90 bits per heavy atom. The number of nitrogens with zero attached hydrogens (tertiary/aromatic N) is 1. The molecule has 0 saturated heterocycles. The van der Waals surface area contributed by atoms with Crippen LogP contribution < -0.4 is 5.56 Å². The fourth-order valence-electron chi connectivity index (χ4n) is 4.86. The number of H-pyrrole nitrogens is 1. The van der Waals surface area contributed by atoms with Crippen molar-refractivity contribution in [2.24, 2.45) is 10.9 Å². The van der Waals surface area contributed by atoms with E-state index in [1.807, 2.05) is 36.6 Å². The molecule has 4 rings (SSSR count). The minimum Gasteiger partial charge on any atom is -0.465 e. The summed E-state index contributed by atoms with van der Waals surface area (Å²) in [5, 5.41) is 0. The SMILES string of the molecule is C/C=C1\C2C=C(C)CC1(/N=C/C=C/c1cccc(C(=O)OC)c1)c1ccc(=O)[nH]c1C2. The number of pyridine rings is 1. The number of ether oxygens (including phenoxy) is 1. The van der Waals surface area contributed by atoms with Gasteiger partial charge in [-0.25, -0.2) is 4.79 Å². The first-order chi connectivity index (χ1) is 15.0. The van der Waals surface area contributed by atoms with Gasteiger partial charge in [0.25, 0.3) is 0 Å². The van der Waals surface area contributed by atoms with Gasteiger partial charge in [0.05, 0.1) is 12.7 Å². The van der Waals surface area contributed by atoms with Crippen LogP contribution in [0.2, 0.25) is 0 Å². The van der Waals surface area contributed by atoms with E-state index < -0.39 is 5.54 Å². The van der Waals surface area contributed by atoms with Gasteiger partial charge >= 0.3 is 5.97 Å². The summed E-state index contributed by atoms with van der Waals surface area (Å²) in [5.74, 6) is -0.119. The highest BCUT2D eigenvalue weighted by Gasteiger charge is 2.46. The topological polar surface area (TPSA) is 71.5 Å². The van der Waals surface area contributed by atoms with Gasteiger partial charge in [-0.05, 0) is 55.7 Å². The van der Waals surface area contributed by atoms with Gasteiger partial charge in [0, 0.05) is 35.9 Å². The predicted octanol–water partition coefficient (Wildman–Crippen LogP) is 4.61. The predicted molar refractivity (Wildman–Crippen MR) is 123 cm³/mol. The maximum absolute atomic E-state index is 11.9. The smallest absolute Gasteiger partial charge is 0.337 e. The van der Waals surface area contributed by atoms with Gasteiger partial charge in [0.2, 0.25) is 5.56 Å². The summed E-state index contributed by atoms with van der Waals surface area (Å²) in [5.41, 5.74) is 5.44. The second kappa shape index (κ2) is 8.34. The van der Waals surface area contributed by atoms with Crippen molar-refractivity contribution in [1.82, 2.24) is 4.98 Å². The number of aromatic nitrogens is 1. The van der Waals surface area contributed by atoms with E-state index in [-0.39, 0.29) is 17.4 Å². The summed E-state index contributed by atoms with van der Waals surface area (Å²) in [7, 11) is 1.37. The number of hydrogen-bond donors (Lipinski definition) is 1. The second-order valence-electron chi connectivity index (χ2n) is 8.07. The molecule has 5 heteroatoms. The highest BCUT2D eigenvalue weighted by Crippen LogP contribution is 2.51. The molecule has 1 heterocycles. The van der Waals surface area contributed by atoms with Crippen LogP contribution in [0.1, 0.15) is 47.4 Å². The molecule has 1 aromatic carbocycles. The van der Waals surface area contributed by atoms with Gasteiger partial charge in [0.15, 0.2) is 0 Å². The van der Waals surface area contributed by atoms with Crippen LogP contribution >= 0.6 is 0 Å². The van der Waals surface area contributed by atoms with E-state index in [1.54, 1.807) is 18.2 Å². The average molecular weight is 415 g/mol. The van der Waals surface area contributed by atoms with Crippen molar-refractivity contribution >= 4 is 18.3 Å². The molecule has 2 atom stereocenters. The third-order valence-electron chi connectivity index (χ3n) is 6.06. The number of fused-ring (bicyclic) bond motifs is 4. The van der Waals surface area contributed by atoms with Crippen LogP contribution in [0.3, 0.4) is 0 Å². The zero-order valence-electron chi connectivity index (χ0n) is 18.0. The number of nitrogens with one attached hydrogen (secondary N) is 1. The Bertz CT molecular complexity index is 1200. The van der Waals surface area contributed by atoms with Gasteiger partial charge in [-0.2, -0.15) is 0 Å². The molecule has 0 amide bonds. The van der Waals surface area contributed by atoms with Crippen molar-refractivity contribution in [2.45, 2.75) is 32.2 Å². The molecule has 0 spiro atoms. The van der Waals surface area contributed by atoms with Crippen molar-refractivity contribution < 1.29 is 9.53 Å². The van der Waals surface area contributed by atoms with Crippen LogP contribution in [0, 0.1) is 5.92 Å². The number of methoxy groups -OCH3 is 1. The maximum atomic E-state index is 11.9. The van der Waals surface area contributed by atoms with Crippen molar-refractivity contribution in [1.29, 1.82) is 0 Å². The number of carbonyl (C=O) groups excluding carboxylic acids is 1. The summed E-state index contributed by atoms with van der Waals surface area (Å²) < 4.78 is 4.79. The molecule has 2 aromatic rings. The molecule has 1 aromatic heterocycles. The lowest BCUT2D eigenvalue weighted by Crippen LogP contribution is -2.40. The van der Waals surface area contributed by atoms with Crippen molar-refractivity contribution in [3.8, 4) is 0 Å². The zero-order valence-corrected chi connectivity index (χ0v) is 18.0. The number of aromatic amines is 1. The molecule has 2 aliphatic rings. The highest BCUT2D eigenvalue weighted by atomic mass is 16.5. The Morgan fingerprint density at radius 1 is 1.29 bits per heavy atom. The average Bonchev–Trinajstić information content (AvgIpc) is 2.75. The summed E-state index contributed by atoms with van der Waals surface area (Å²) in [4.78, 5) is 31.8. The summed E-state index contributed by atoms with van der Waals surface area (Å²) in [6.07, 6.45) is 11.7. The molecule has 2 bridgehead atoms. The fraction of sp³-hybridized carbons (Fsp3) is 0.269. The second-order valence-corrected chi connectivity index (χ2v) is 8.07. The Labute approximate surface area is 181 Å². The molecule has 0 fully saturated rings. The van der Waals surface area contributed by atoms with Crippen LogP contribution in [0.4, 0.5) is 0 Å². The largest absolute Gasteiger partial charge is 0.465 e. The summed E-state index contributed by atoms with van der Waals surface area (Å²) in [6, 6.07) is 10.8. The van der Waals surface area contributed by atoms with Crippen molar-refractivity contribution in [3.05, 3.63) is 98.5 Å². The van der Waals surface area contributed by atoms with E-state index in [2.05, 4.69) is 31.0 Å². The van der Waals surface area contributed by atoms with Crippen LogP contribution in [0.15, 0.2) is 75.6 Å². The van der Waals surface area contributed by atoms with E-state index in [9.17, 15) is 9.59 Å². The number of hydrogen-bond acceptors (Lipinski definition) is 4. The maximum Gasteiger partial charge on any atom is 0.337 e. The van der Waals surface area contributed by atoms with E-state index in [4.69, 9.17) is 9.73 Å². The lowest BCUT2D eigenvalue weighted by molar-refractivity contribution is 0.0600. The number of allylic oxidation sites excluding steroid dienone is 3. The van der Waals surface area contributed by atoms with Gasteiger partial charge in [0.1, 0.15) is 5.54 Å². The first-order valence-electron chi connectivity index (χ1n) is 10.4. The monoisotopic (exact) mass is 414 g/mol. The van der Waals surface area contributed by atoms with Crippen molar-refractivity contribution in [3.63, 3.8) is 0 Å². The van der Waals surface area contributed by atoms with E-state index in [0.29, 0.717) is 5.56 Å². The van der Waals surface area contributed by atoms with Crippen LogP contribution in [0.5, 0.6) is 0 Å². The Hall–Kier alpha value is -3.47. The van der Waals surface area contributed by atoms with Gasteiger partial charge in [-0.3, -0.25) is 9.79 Å². The Balaban J connectivity index is 1.71. The highest BCUT2D eigenvalue weighted by molar-refractivity contribution is 5.90. The van der Waals surface area contributed by atoms with Gasteiger partial charge in [-0.1, -0.05) is 35.9 Å². The number of carbonyl (C=O) groups is 1. The first-order valence-corrected chi connectivity index (χ1v) is 10.4. The minimum atomic E-state index is -0.506. The number of rotatable bonds is 4. The van der Waals surface area contributed by atoms with Crippen LogP contribution in [-0.4, -0.2) is 24.3 Å². The van der Waals surface area contributed by atoms with Crippen LogP contribution in [0.25, 0.3) is 6.08 Å². The molecule has 2 aliphatic carbocycles. The molecular weight excluding hydrogens is 388 g/mol. The van der Waals surface area contributed by atoms with Crippen molar-refractivity contribution in [2.75, 3.05) is 7.11 Å². The first kappa shape index (κ1) is 20.8. The normalized spacial score (nSPS) is 23.8. The Morgan fingerprint density at radius 2 is 2.13 bits per heavy atom. The molecular formula is C26H26N2O3. The molecule has 2 unspecified atom stereocenters.